The van der Waals surface area contributed by atoms with E-state index in [2.05, 4.69) is 15.6 Å². The molecule has 0 heterocycles. The summed E-state index contributed by atoms with van der Waals surface area (Å²) in [5, 5.41) is 5.81. The summed E-state index contributed by atoms with van der Waals surface area (Å²) in [5.41, 5.74) is 0.121. The smallest absolute Gasteiger partial charge is 0.416 e. The van der Waals surface area contributed by atoms with Crippen molar-refractivity contribution in [1.82, 2.24) is 10.6 Å². The number of ether oxygens (including phenoxy) is 1. The van der Waals surface area contributed by atoms with Gasteiger partial charge in [-0.2, -0.15) is 13.2 Å². The van der Waals surface area contributed by atoms with Crippen molar-refractivity contribution in [2.45, 2.75) is 19.3 Å². The largest absolute Gasteiger partial charge is 0.497 e. The van der Waals surface area contributed by atoms with Crippen LogP contribution in [0.25, 0.3) is 0 Å². The first kappa shape index (κ1) is 19.6. The van der Waals surface area contributed by atoms with Gasteiger partial charge >= 0.3 is 6.18 Å². The van der Waals surface area contributed by atoms with Crippen LogP contribution in [0.3, 0.4) is 0 Å². The molecule has 140 valence electrons. The highest BCUT2D eigenvalue weighted by Crippen LogP contribution is 2.34. The van der Waals surface area contributed by atoms with Crippen LogP contribution in [0, 0.1) is 5.82 Å². The summed E-state index contributed by atoms with van der Waals surface area (Å²) in [7, 11) is 2.83. The number of aliphatic imine (C=N–C) groups is 1. The van der Waals surface area contributed by atoms with Crippen LogP contribution < -0.4 is 15.4 Å². The maximum absolute atomic E-state index is 13.2. The van der Waals surface area contributed by atoms with E-state index < -0.39 is 11.7 Å². The van der Waals surface area contributed by atoms with Crippen LogP contribution >= 0.6 is 0 Å². The number of nitrogens with zero attached hydrogens (tertiary/aromatic N) is 1. The lowest BCUT2D eigenvalue weighted by Crippen LogP contribution is -2.36. The zero-order chi connectivity index (χ0) is 19.2. The second kappa shape index (κ2) is 8.55. The molecule has 0 atom stereocenters. The summed E-state index contributed by atoms with van der Waals surface area (Å²) in [4.78, 5) is 3.98. The summed E-state index contributed by atoms with van der Waals surface area (Å²) in [6.07, 6.45) is -4.49. The lowest BCUT2D eigenvalue weighted by atomic mass is 10.1. The molecule has 0 spiro atoms. The van der Waals surface area contributed by atoms with E-state index in [9.17, 15) is 17.6 Å². The highest BCUT2D eigenvalue weighted by Gasteiger charge is 2.33. The molecule has 0 aliphatic heterocycles. The summed E-state index contributed by atoms with van der Waals surface area (Å²) >= 11 is 0. The fourth-order valence-corrected chi connectivity index (χ4v) is 2.29. The quantitative estimate of drug-likeness (QED) is 0.480. The van der Waals surface area contributed by atoms with Gasteiger partial charge in [0.25, 0.3) is 0 Å². The van der Waals surface area contributed by atoms with E-state index >= 15 is 0 Å². The lowest BCUT2D eigenvalue weighted by Gasteiger charge is -2.16. The molecule has 0 bridgehead atoms. The summed E-state index contributed by atoms with van der Waals surface area (Å²) in [6.45, 7) is 0.288. The van der Waals surface area contributed by atoms with Crippen LogP contribution in [0.15, 0.2) is 47.5 Å². The van der Waals surface area contributed by atoms with Gasteiger partial charge < -0.3 is 15.4 Å². The van der Waals surface area contributed by atoms with Crippen molar-refractivity contribution in [2.24, 2.45) is 4.99 Å². The molecule has 8 heteroatoms. The van der Waals surface area contributed by atoms with Crippen LogP contribution in [-0.4, -0.2) is 20.1 Å². The fraction of sp³-hybridized carbons (Fsp3) is 0.278. The van der Waals surface area contributed by atoms with Crippen LogP contribution in [0.1, 0.15) is 16.7 Å². The van der Waals surface area contributed by atoms with Crippen LogP contribution in [0.4, 0.5) is 17.6 Å². The van der Waals surface area contributed by atoms with Gasteiger partial charge in [-0.1, -0.05) is 18.2 Å². The number of rotatable bonds is 5. The maximum Gasteiger partial charge on any atom is 0.416 e. The van der Waals surface area contributed by atoms with Crippen molar-refractivity contribution in [2.75, 3.05) is 14.2 Å². The van der Waals surface area contributed by atoms with Gasteiger partial charge in [0.1, 0.15) is 11.6 Å². The van der Waals surface area contributed by atoms with E-state index in [-0.39, 0.29) is 23.7 Å². The zero-order valence-electron chi connectivity index (χ0n) is 14.3. The predicted molar refractivity (Wildman–Crippen MR) is 91.4 cm³/mol. The molecule has 0 saturated carbocycles. The Balaban J connectivity index is 2.03. The SMILES string of the molecule is CN=C(NCc1ccc(F)cc1)NCc1ccc(OC)cc1C(F)(F)F. The Morgan fingerprint density at radius 3 is 2.27 bits per heavy atom. The Bertz CT molecular complexity index is 758. The molecule has 2 aromatic rings. The predicted octanol–water partition coefficient (Wildman–Crippen LogP) is 3.72. The van der Waals surface area contributed by atoms with E-state index in [1.807, 2.05) is 0 Å². The van der Waals surface area contributed by atoms with Gasteiger partial charge in [-0.25, -0.2) is 4.39 Å². The van der Waals surface area contributed by atoms with Crippen molar-refractivity contribution in [1.29, 1.82) is 0 Å². The monoisotopic (exact) mass is 369 g/mol. The van der Waals surface area contributed by atoms with Gasteiger partial charge in [0.2, 0.25) is 0 Å². The second-order valence-electron chi connectivity index (χ2n) is 5.43. The number of benzene rings is 2. The van der Waals surface area contributed by atoms with Gasteiger partial charge in [0.05, 0.1) is 12.7 Å². The molecular formula is C18H19F4N3O. The molecule has 0 saturated heterocycles. The number of alkyl halides is 3. The number of hydrogen-bond acceptors (Lipinski definition) is 2. The zero-order valence-corrected chi connectivity index (χ0v) is 14.3. The third-order valence-corrected chi connectivity index (χ3v) is 3.67. The number of nitrogens with one attached hydrogen (secondary N) is 2. The van der Waals surface area contributed by atoms with Gasteiger partial charge in [-0.05, 0) is 35.4 Å². The lowest BCUT2D eigenvalue weighted by molar-refractivity contribution is -0.138. The molecule has 0 fully saturated rings. The first-order valence-corrected chi connectivity index (χ1v) is 7.76. The Morgan fingerprint density at radius 1 is 1.04 bits per heavy atom. The molecule has 0 radical (unpaired) electrons. The van der Waals surface area contributed by atoms with Crippen molar-refractivity contribution in [3.63, 3.8) is 0 Å². The molecule has 0 amide bonds. The van der Waals surface area contributed by atoms with Crippen molar-refractivity contribution < 1.29 is 22.3 Å². The molecule has 0 aliphatic rings. The minimum atomic E-state index is -4.49. The van der Waals surface area contributed by atoms with Crippen molar-refractivity contribution >= 4 is 5.96 Å². The first-order valence-electron chi connectivity index (χ1n) is 7.76. The summed E-state index contributed by atoms with van der Waals surface area (Å²) < 4.78 is 57.4. The average molecular weight is 369 g/mol. The Hall–Kier alpha value is -2.77. The second-order valence-corrected chi connectivity index (χ2v) is 5.43. The average Bonchev–Trinajstić information content (AvgIpc) is 2.62. The normalized spacial score (nSPS) is 12.0. The molecule has 2 rings (SSSR count). The maximum atomic E-state index is 13.2. The van der Waals surface area contributed by atoms with Crippen molar-refractivity contribution in [3.8, 4) is 5.75 Å². The molecule has 0 aromatic heterocycles. The number of guanidine groups is 1. The first-order chi connectivity index (χ1) is 12.3. The third-order valence-electron chi connectivity index (χ3n) is 3.67. The van der Waals surface area contributed by atoms with E-state index in [1.165, 1.54) is 38.4 Å². The van der Waals surface area contributed by atoms with E-state index in [0.717, 1.165) is 11.6 Å². The Kier molecular flexibility index (Phi) is 6.43. The Morgan fingerprint density at radius 2 is 1.69 bits per heavy atom. The molecular weight excluding hydrogens is 350 g/mol. The minimum absolute atomic E-state index is 0.0675. The number of halogens is 4. The van der Waals surface area contributed by atoms with E-state index in [1.54, 1.807) is 12.1 Å². The summed E-state index contributed by atoms with van der Waals surface area (Å²) in [5.74, 6) is 0.133. The third kappa shape index (κ3) is 5.37. The van der Waals surface area contributed by atoms with Gasteiger partial charge in [-0.15, -0.1) is 0 Å². The highest BCUT2D eigenvalue weighted by molar-refractivity contribution is 5.79. The van der Waals surface area contributed by atoms with Crippen LogP contribution in [0.2, 0.25) is 0 Å². The molecule has 26 heavy (non-hydrogen) atoms. The topological polar surface area (TPSA) is 45.7 Å². The van der Waals surface area contributed by atoms with E-state index in [4.69, 9.17) is 4.74 Å². The number of methoxy groups -OCH3 is 1. The van der Waals surface area contributed by atoms with Crippen molar-refractivity contribution in [3.05, 3.63) is 65.0 Å². The van der Waals surface area contributed by atoms with Gasteiger partial charge in [-0.3, -0.25) is 4.99 Å². The molecule has 2 N–H and O–H groups in total. The van der Waals surface area contributed by atoms with Crippen LogP contribution in [0.5, 0.6) is 5.75 Å². The Labute approximate surface area is 148 Å². The van der Waals surface area contributed by atoms with Gasteiger partial charge in [0.15, 0.2) is 5.96 Å². The molecule has 0 aliphatic carbocycles. The standard InChI is InChI=1S/C18H19F4N3O/c1-23-17(24-10-12-3-6-14(19)7-4-12)25-11-13-5-8-15(26-2)9-16(13)18(20,21)22/h3-9H,10-11H2,1-2H3,(H2,23,24,25). The molecule has 2 aromatic carbocycles. The fourth-order valence-electron chi connectivity index (χ4n) is 2.29. The summed E-state index contributed by atoms with van der Waals surface area (Å²) in [6, 6.07) is 9.69. The molecule has 0 unspecified atom stereocenters. The molecule has 4 nitrogen and oxygen atoms in total. The van der Waals surface area contributed by atoms with Gasteiger partial charge in [0, 0.05) is 20.1 Å². The van der Waals surface area contributed by atoms with Crippen LogP contribution in [-0.2, 0) is 19.3 Å². The number of hydrogen-bond donors (Lipinski definition) is 2. The highest BCUT2D eigenvalue weighted by atomic mass is 19.4. The van der Waals surface area contributed by atoms with E-state index in [0.29, 0.717) is 12.5 Å². The minimum Gasteiger partial charge on any atom is -0.497 e.